The van der Waals surface area contributed by atoms with Gasteiger partial charge in [0.1, 0.15) is 12.4 Å². The quantitative estimate of drug-likeness (QED) is 0.204. The van der Waals surface area contributed by atoms with E-state index in [1.807, 2.05) is 25.1 Å². The molecule has 208 valence electrons. The molecule has 0 unspecified atom stereocenters. The molecule has 0 atom stereocenters. The zero-order valence-electron chi connectivity index (χ0n) is 24.9. The molecule has 0 spiro atoms. The van der Waals surface area contributed by atoms with Crippen LogP contribution in [0.3, 0.4) is 0 Å². The Morgan fingerprint density at radius 1 is 0.868 bits per heavy atom. The molecular formula is C30H44O5SSi2. The fourth-order valence-electron chi connectivity index (χ4n) is 3.59. The number of allylic oxidation sites excluding steroid dienone is 1. The van der Waals surface area contributed by atoms with Gasteiger partial charge < -0.3 is 18.7 Å². The lowest BCUT2D eigenvalue weighted by molar-refractivity contribution is -0.131. The highest BCUT2D eigenvalue weighted by atomic mass is 32.1. The number of thiophene rings is 1. The van der Waals surface area contributed by atoms with Crippen molar-refractivity contribution in [2.75, 3.05) is 0 Å². The lowest BCUT2D eigenvalue weighted by Crippen LogP contribution is -2.34. The summed E-state index contributed by atoms with van der Waals surface area (Å²) in [6, 6.07) is 10.2. The first kappa shape index (κ1) is 32.5. The maximum Gasteiger partial charge on any atom is 0.328 e. The maximum absolute atomic E-state index is 11.1. The fourth-order valence-corrected chi connectivity index (χ4v) is 5.94. The van der Waals surface area contributed by atoms with Crippen LogP contribution in [0.1, 0.15) is 103 Å². The standard InChI is InChI=1S/C30H44O5SSi2/c1-12-20(17-26(31)32)25-16-14-22(36-25)19-33-21-13-15-23(29(8,9)34-37-27(2,3)4)24(18-21)30(10,11)35-38-28(5,6)7/h13-18H,12,19H2,1-11H3,(H,31,32). The predicted octanol–water partition coefficient (Wildman–Crippen LogP) is 8.38. The summed E-state index contributed by atoms with van der Waals surface area (Å²) in [5, 5.41) is 9.29. The van der Waals surface area contributed by atoms with Gasteiger partial charge in [-0.1, -0.05) is 54.5 Å². The third-order valence-electron chi connectivity index (χ3n) is 5.55. The van der Waals surface area contributed by atoms with Gasteiger partial charge in [0, 0.05) is 15.8 Å². The van der Waals surface area contributed by atoms with Crippen molar-refractivity contribution in [2.45, 2.75) is 110 Å². The van der Waals surface area contributed by atoms with Gasteiger partial charge >= 0.3 is 5.97 Å². The van der Waals surface area contributed by atoms with Gasteiger partial charge in [0.15, 0.2) is 0 Å². The van der Waals surface area contributed by atoms with Crippen molar-refractivity contribution in [1.29, 1.82) is 0 Å². The molecule has 1 aromatic carbocycles. The van der Waals surface area contributed by atoms with E-state index in [0.29, 0.717) is 32.6 Å². The lowest BCUT2D eigenvalue weighted by Gasteiger charge is -2.37. The molecule has 5 nitrogen and oxygen atoms in total. The van der Waals surface area contributed by atoms with Crippen molar-refractivity contribution < 1.29 is 23.5 Å². The van der Waals surface area contributed by atoms with Gasteiger partial charge in [0.2, 0.25) is 19.5 Å². The highest BCUT2D eigenvalue weighted by Gasteiger charge is 2.34. The topological polar surface area (TPSA) is 65.0 Å². The summed E-state index contributed by atoms with van der Waals surface area (Å²) in [7, 11) is 0.695. The molecule has 4 radical (unpaired) electrons. The molecule has 8 heteroatoms. The molecule has 2 aromatic rings. The maximum atomic E-state index is 11.1. The summed E-state index contributed by atoms with van der Waals surface area (Å²) < 4.78 is 19.2. The van der Waals surface area contributed by atoms with Gasteiger partial charge in [0.05, 0.1) is 11.2 Å². The zero-order chi connectivity index (χ0) is 28.9. The SMILES string of the molecule is CCC(=CC(=O)O)c1ccc(COc2ccc(C(C)(C)O[Si]C(C)(C)C)c(C(C)(C)O[Si]C(C)(C)C)c2)s1. The molecule has 0 saturated carbocycles. The van der Waals surface area contributed by atoms with Crippen LogP contribution in [0, 0.1) is 0 Å². The second-order valence-corrected chi connectivity index (χ2v) is 17.5. The first-order valence-electron chi connectivity index (χ1n) is 13.0. The molecule has 38 heavy (non-hydrogen) atoms. The molecule has 0 aliphatic rings. The van der Waals surface area contributed by atoms with E-state index in [0.717, 1.165) is 32.2 Å². The van der Waals surface area contributed by atoms with Crippen molar-refractivity contribution in [3.05, 3.63) is 57.3 Å². The lowest BCUT2D eigenvalue weighted by atomic mass is 9.85. The van der Waals surface area contributed by atoms with Gasteiger partial charge in [-0.2, -0.15) is 0 Å². The first-order valence-corrected chi connectivity index (χ1v) is 15.7. The average molecular weight is 573 g/mol. The molecule has 0 saturated heterocycles. The van der Waals surface area contributed by atoms with E-state index < -0.39 is 17.2 Å². The fraction of sp³-hybridized carbons (Fsp3) is 0.567. The number of carboxylic acid groups (broad SMARTS) is 1. The number of ether oxygens (including phenoxy) is 1. The highest BCUT2D eigenvalue weighted by molar-refractivity contribution is 7.13. The number of benzene rings is 1. The van der Waals surface area contributed by atoms with Crippen molar-refractivity contribution in [1.82, 2.24) is 0 Å². The number of carbonyl (C=O) groups is 1. The third kappa shape index (κ3) is 10.1. The molecule has 0 aliphatic heterocycles. The number of aliphatic carboxylic acids is 1. The van der Waals surface area contributed by atoms with E-state index >= 15 is 0 Å². The third-order valence-corrected chi connectivity index (χ3v) is 9.13. The minimum atomic E-state index is -0.924. The molecule has 1 heterocycles. The number of hydrogen-bond acceptors (Lipinski definition) is 5. The largest absolute Gasteiger partial charge is 0.488 e. The zero-order valence-corrected chi connectivity index (χ0v) is 27.7. The highest BCUT2D eigenvalue weighted by Crippen LogP contribution is 2.40. The van der Waals surface area contributed by atoms with Crippen LogP contribution in [-0.4, -0.2) is 30.6 Å². The second kappa shape index (κ2) is 12.6. The van der Waals surface area contributed by atoms with Gasteiger partial charge in [-0.25, -0.2) is 4.79 Å². The van der Waals surface area contributed by atoms with Gasteiger partial charge in [-0.05, 0) is 85.2 Å². The van der Waals surface area contributed by atoms with Crippen LogP contribution in [0.25, 0.3) is 5.57 Å². The van der Waals surface area contributed by atoms with Gasteiger partial charge in [0.25, 0.3) is 0 Å². The molecule has 0 amide bonds. The molecule has 0 bridgehead atoms. The molecule has 1 N–H and O–H groups in total. The minimum absolute atomic E-state index is 0.0640. The van der Waals surface area contributed by atoms with Crippen LogP contribution >= 0.6 is 11.3 Å². The van der Waals surface area contributed by atoms with Gasteiger partial charge in [-0.3, -0.25) is 0 Å². The number of rotatable bonds is 12. The molecule has 2 rings (SSSR count). The van der Waals surface area contributed by atoms with Gasteiger partial charge in [-0.15, -0.1) is 11.3 Å². The summed E-state index contributed by atoms with van der Waals surface area (Å²) in [4.78, 5) is 13.1. The Balaban J connectivity index is 2.36. The van der Waals surface area contributed by atoms with Crippen LogP contribution in [0.4, 0.5) is 0 Å². The summed E-state index contributed by atoms with van der Waals surface area (Å²) in [6.45, 7) is 24.0. The normalized spacial score (nSPS) is 13.6. The van der Waals surface area contributed by atoms with Crippen LogP contribution in [0.2, 0.25) is 10.1 Å². The Kier molecular flexibility index (Phi) is 10.8. The summed E-state index contributed by atoms with van der Waals surface area (Å²) >= 11 is 1.56. The molecule has 0 aliphatic carbocycles. The Bertz CT molecular complexity index is 1120. The minimum Gasteiger partial charge on any atom is -0.488 e. The van der Waals surface area contributed by atoms with E-state index in [4.69, 9.17) is 18.7 Å². The molecular weight excluding hydrogens is 529 g/mol. The van der Waals surface area contributed by atoms with E-state index in [-0.39, 0.29) is 10.1 Å². The van der Waals surface area contributed by atoms with Crippen LogP contribution in [-0.2, 0) is 31.5 Å². The van der Waals surface area contributed by atoms with E-state index in [9.17, 15) is 4.79 Å². The Labute approximate surface area is 238 Å². The van der Waals surface area contributed by atoms with Crippen LogP contribution in [0.5, 0.6) is 5.75 Å². The summed E-state index contributed by atoms with van der Waals surface area (Å²) in [6.07, 6.45) is 1.95. The molecule has 1 aromatic heterocycles. The van der Waals surface area contributed by atoms with E-state index in [1.165, 1.54) is 6.08 Å². The van der Waals surface area contributed by atoms with Crippen molar-refractivity contribution in [2.24, 2.45) is 0 Å². The monoisotopic (exact) mass is 572 g/mol. The Morgan fingerprint density at radius 2 is 1.42 bits per heavy atom. The van der Waals surface area contributed by atoms with Crippen molar-refractivity contribution >= 4 is 42.4 Å². The van der Waals surface area contributed by atoms with E-state index in [2.05, 4.69) is 81.4 Å². The predicted molar refractivity (Wildman–Crippen MR) is 160 cm³/mol. The first-order chi connectivity index (χ1) is 17.3. The van der Waals surface area contributed by atoms with Crippen molar-refractivity contribution in [3.63, 3.8) is 0 Å². The number of hydrogen-bond donors (Lipinski definition) is 1. The second-order valence-electron chi connectivity index (χ2n) is 12.6. The Hall–Kier alpha value is -1.72. The van der Waals surface area contributed by atoms with E-state index in [1.54, 1.807) is 11.3 Å². The van der Waals surface area contributed by atoms with Crippen LogP contribution in [0.15, 0.2) is 36.4 Å². The summed E-state index contributed by atoms with van der Waals surface area (Å²) in [5.74, 6) is -0.159. The summed E-state index contributed by atoms with van der Waals surface area (Å²) in [5.41, 5.74) is 1.92. The number of carboxylic acids is 1. The smallest absolute Gasteiger partial charge is 0.328 e. The van der Waals surface area contributed by atoms with Crippen LogP contribution < -0.4 is 4.74 Å². The molecule has 0 fully saturated rings. The average Bonchev–Trinajstić information content (AvgIpc) is 3.26. The Morgan fingerprint density at radius 3 is 1.92 bits per heavy atom. The van der Waals surface area contributed by atoms with Crippen molar-refractivity contribution in [3.8, 4) is 5.75 Å².